The molecule has 208 valence electrons. The molecule has 38 heavy (non-hydrogen) atoms. The van der Waals surface area contributed by atoms with Crippen LogP contribution in [0.2, 0.25) is 0 Å². The highest BCUT2D eigenvalue weighted by molar-refractivity contribution is 5.89. The fourth-order valence-electron chi connectivity index (χ4n) is 3.82. The summed E-state index contributed by atoms with van der Waals surface area (Å²) in [6.45, 7) is 26.3. The molecule has 1 N–H and O–H groups in total. The molecule has 0 spiro atoms. The molecule has 0 amide bonds. The molecule has 4 nitrogen and oxygen atoms in total. The van der Waals surface area contributed by atoms with Gasteiger partial charge in [-0.2, -0.15) is 0 Å². The van der Waals surface area contributed by atoms with Crippen LogP contribution in [-0.4, -0.2) is 9.55 Å². The maximum absolute atomic E-state index is 13.3. The van der Waals surface area contributed by atoms with Crippen molar-refractivity contribution in [3.05, 3.63) is 99.8 Å². The van der Waals surface area contributed by atoms with Crippen molar-refractivity contribution in [3.63, 3.8) is 0 Å². The first-order valence-electron chi connectivity index (χ1n) is 14.0. The smallest absolute Gasteiger partial charge is 0.258 e. The van der Waals surface area contributed by atoms with Gasteiger partial charge >= 0.3 is 0 Å². The minimum absolute atomic E-state index is 0.000371. The van der Waals surface area contributed by atoms with E-state index in [9.17, 15) is 4.79 Å². The molecule has 0 aliphatic carbocycles. The average molecular weight is 518 g/mol. The summed E-state index contributed by atoms with van der Waals surface area (Å²) in [7, 11) is 1.82. The van der Waals surface area contributed by atoms with E-state index in [0.717, 1.165) is 50.1 Å². The standard InChI is InChI=1S/C27H31N3O.C3H8.2C2H6/c1-8-10-25(18(4)9-2)29-20(6)22-13-17(3)14-24-23(22)15-26(30(7)27(24)31)21-12-11-19(5)28-16-21;1-3-2;2*1-2/h8-16,20,29H,2H2,1,3-7H3;3H2,1-2H3;2*1-2H3/b10-8-,25-18+;;;/t20-;;;/m1.../s1. The second kappa shape index (κ2) is 18.0. The number of aryl methyl sites for hydroxylation is 2. The number of hydrogen-bond donors (Lipinski definition) is 1. The van der Waals surface area contributed by atoms with E-state index in [0.29, 0.717) is 0 Å². The molecule has 0 aliphatic rings. The lowest BCUT2D eigenvalue weighted by atomic mass is 9.96. The molecule has 0 saturated heterocycles. The Morgan fingerprint density at radius 1 is 1.08 bits per heavy atom. The van der Waals surface area contributed by atoms with Crippen molar-refractivity contribution >= 4 is 10.8 Å². The largest absolute Gasteiger partial charge is 0.378 e. The number of benzene rings is 1. The Hall–Kier alpha value is -3.40. The van der Waals surface area contributed by atoms with Gasteiger partial charge in [-0.05, 0) is 87.0 Å². The molecule has 3 aromatic rings. The third-order valence-electron chi connectivity index (χ3n) is 5.64. The van der Waals surface area contributed by atoms with Gasteiger partial charge in [-0.1, -0.05) is 72.8 Å². The van der Waals surface area contributed by atoms with E-state index in [-0.39, 0.29) is 11.6 Å². The Bertz CT molecular complexity index is 1260. The van der Waals surface area contributed by atoms with Gasteiger partial charge in [0.05, 0.1) is 5.69 Å². The van der Waals surface area contributed by atoms with Crippen LogP contribution in [0.1, 0.15) is 91.6 Å². The molecule has 1 aromatic carbocycles. The maximum Gasteiger partial charge on any atom is 0.258 e. The molecule has 0 saturated carbocycles. The van der Waals surface area contributed by atoms with Crippen molar-refractivity contribution in [1.29, 1.82) is 0 Å². The molecular weight excluding hydrogens is 466 g/mol. The van der Waals surface area contributed by atoms with Crippen LogP contribution >= 0.6 is 0 Å². The van der Waals surface area contributed by atoms with Crippen molar-refractivity contribution in [2.24, 2.45) is 7.05 Å². The minimum atomic E-state index is -0.00304. The molecule has 2 aromatic heterocycles. The second-order valence-electron chi connectivity index (χ2n) is 8.77. The quantitative estimate of drug-likeness (QED) is 0.331. The van der Waals surface area contributed by atoms with Gasteiger partial charge in [0.2, 0.25) is 0 Å². The summed E-state index contributed by atoms with van der Waals surface area (Å²) in [5, 5.41) is 5.29. The van der Waals surface area contributed by atoms with Gasteiger partial charge in [0.1, 0.15) is 0 Å². The van der Waals surface area contributed by atoms with Gasteiger partial charge in [-0.25, -0.2) is 0 Å². The fourth-order valence-corrected chi connectivity index (χ4v) is 3.82. The van der Waals surface area contributed by atoms with E-state index in [1.165, 1.54) is 6.42 Å². The van der Waals surface area contributed by atoms with E-state index in [1.807, 2.05) is 105 Å². The highest BCUT2D eigenvalue weighted by Gasteiger charge is 2.16. The van der Waals surface area contributed by atoms with E-state index in [1.54, 1.807) is 4.57 Å². The van der Waals surface area contributed by atoms with Crippen LogP contribution < -0.4 is 10.9 Å². The second-order valence-corrected chi connectivity index (χ2v) is 8.77. The third kappa shape index (κ3) is 9.16. The van der Waals surface area contributed by atoms with Gasteiger partial charge in [0, 0.05) is 41.6 Å². The summed E-state index contributed by atoms with van der Waals surface area (Å²) in [6.07, 6.45) is 8.98. The first kappa shape index (κ1) is 34.6. The lowest BCUT2D eigenvalue weighted by Crippen LogP contribution is -2.22. The lowest BCUT2D eigenvalue weighted by molar-refractivity contribution is 0.665. The maximum atomic E-state index is 13.3. The average Bonchev–Trinajstić information content (AvgIpc) is 2.93. The van der Waals surface area contributed by atoms with Crippen molar-refractivity contribution in [2.75, 3.05) is 0 Å². The molecule has 4 heteroatoms. The number of rotatable bonds is 6. The third-order valence-corrected chi connectivity index (χ3v) is 5.64. The number of nitrogens with one attached hydrogen (secondary N) is 1. The predicted octanol–water partition coefficient (Wildman–Crippen LogP) is 9.37. The van der Waals surface area contributed by atoms with Crippen LogP contribution in [0.3, 0.4) is 0 Å². The van der Waals surface area contributed by atoms with Crippen LogP contribution in [-0.2, 0) is 7.05 Å². The van der Waals surface area contributed by atoms with Gasteiger partial charge < -0.3 is 9.88 Å². The molecule has 0 bridgehead atoms. The Morgan fingerprint density at radius 2 is 1.68 bits per heavy atom. The summed E-state index contributed by atoms with van der Waals surface area (Å²) in [6, 6.07) is 10.2. The topological polar surface area (TPSA) is 46.9 Å². The Labute approximate surface area is 232 Å². The van der Waals surface area contributed by atoms with Crippen LogP contribution in [0.4, 0.5) is 0 Å². The van der Waals surface area contributed by atoms with Crippen LogP contribution in [0.25, 0.3) is 22.0 Å². The zero-order chi connectivity index (χ0) is 29.4. The minimum Gasteiger partial charge on any atom is -0.378 e. The SMILES string of the molecule is C=C/C(C)=C(\C=C/C)N[C@H](C)c1cc(C)cc2c(=O)n(C)c(-c3ccc(C)nc3)cc12.CC.CC.CCC. The molecule has 0 fully saturated rings. The molecule has 0 aliphatic heterocycles. The number of hydrogen-bond acceptors (Lipinski definition) is 3. The molecule has 0 radical (unpaired) electrons. The van der Waals surface area contributed by atoms with E-state index in [4.69, 9.17) is 0 Å². The highest BCUT2D eigenvalue weighted by atomic mass is 16.1. The molecule has 2 heterocycles. The fraction of sp³-hybridized carbons (Fsp3) is 0.412. The van der Waals surface area contributed by atoms with Crippen molar-refractivity contribution in [1.82, 2.24) is 14.9 Å². The summed E-state index contributed by atoms with van der Waals surface area (Å²) in [5.74, 6) is 0. The normalized spacial score (nSPS) is 11.7. The van der Waals surface area contributed by atoms with Gasteiger partial charge in [-0.3, -0.25) is 9.78 Å². The van der Waals surface area contributed by atoms with E-state index >= 15 is 0 Å². The Kier molecular flexibility index (Phi) is 16.3. The molecule has 1 atom stereocenters. The van der Waals surface area contributed by atoms with Gasteiger partial charge in [-0.15, -0.1) is 0 Å². The van der Waals surface area contributed by atoms with Gasteiger partial charge in [0.15, 0.2) is 0 Å². The monoisotopic (exact) mass is 517 g/mol. The van der Waals surface area contributed by atoms with Crippen LogP contribution in [0, 0.1) is 13.8 Å². The van der Waals surface area contributed by atoms with Crippen molar-refractivity contribution in [2.45, 2.75) is 88.6 Å². The summed E-state index contributed by atoms with van der Waals surface area (Å²) in [5.41, 5.74) is 6.98. The van der Waals surface area contributed by atoms with Crippen molar-refractivity contribution in [3.8, 4) is 11.3 Å². The lowest BCUT2D eigenvalue weighted by Gasteiger charge is -2.21. The van der Waals surface area contributed by atoms with Gasteiger partial charge in [0.25, 0.3) is 5.56 Å². The first-order chi connectivity index (χ1) is 18.2. The van der Waals surface area contributed by atoms with Crippen LogP contribution in [0.15, 0.2) is 77.4 Å². The molecular formula is C34H51N3O. The number of allylic oxidation sites excluding steroid dienone is 4. The summed E-state index contributed by atoms with van der Waals surface area (Å²) < 4.78 is 1.71. The molecule has 0 unspecified atom stereocenters. The molecule has 3 rings (SSSR count). The zero-order valence-corrected chi connectivity index (χ0v) is 26.0. The van der Waals surface area contributed by atoms with Crippen LogP contribution in [0.5, 0.6) is 0 Å². The first-order valence-corrected chi connectivity index (χ1v) is 14.0. The summed E-state index contributed by atoms with van der Waals surface area (Å²) >= 11 is 0. The number of fused-ring (bicyclic) bond motifs is 1. The zero-order valence-electron chi connectivity index (χ0n) is 26.0. The van der Waals surface area contributed by atoms with E-state index < -0.39 is 0 Å². The predicted molar refractivity (Wildman–Crippen MR) is 170 cm³/mol. The highest BCUT2D eigenvalue weighted by Crippen LogP contribution is 2.29. The van der Waals surface area contributed by atoms with Crippen molar-refractivity contribution < 1.29 is 0 Å². The number of aromatic nitrogens is 2. The Balaban J connectivity index is 0.00000179. The Morgan fingerprint density at radius 3 is 2.18 bits per heavy atom. The number of pyridine rings is 2. The van der Waals surface area contributed by atoms with E-state index in [2.05, 4.69) is 49.8 Å². The summed E-state index contributed by atoms with van der Waals surface area (Å²) in [4.78, 5) is 17.7. The number of nitrogens with zero attached hydrogens (tertiary/aromatic N) is 2.